The Hall–Kier alpha value is -2.61. The summed E-state index contributed by atoms with van der Waals surface area (Å²) in [6.07, 6.45) is 2.52. The average molecular weight is 404 g/mol. The van der Waals surface area contributed by atoms with Crippen LogP contribution in [-0.2, 0) is 0 Å². The lowest BCUT2D eigenvalue weighted by Gasteiger charge is -2.61. The molecule has 2 aromatic rings. The molecule has 1 aromatic heterocycles. The molecule has 2 amide bonds. The van der Waals surface area contributed by atoms with Crippen LogP contribution in [0.2, 0.25) is 5.02 Å². The fourth-order valence-corrected chi connectivity index (χ4v) is 4.48. The monoisotopic (exact) mass is 403 g/mol. The SMILES string of the molecule is CC1COc2cc(Cl)ccc2N1C(=O)N1CC2(C1)CN(c1ncncc1F)C2. The van der Waals surface area contributed by atoms with Gasteiger partial charge in [-0.25, -0.2) is 19.2 Å². The van der Waals surface area contributed by atoms with Gasteiger partial charge < -0.3 is 14.5 Å². The zero-order chi connectivity index (χ0) is 19.5. The van der Waals surface area contributed by atoms with Gasteiger partial charge in [0, 0.05) is 42.7 Å². The predicted molar refractivity (Wildman–Crippen MR) is 102 cm³/mol. The Morgan fingerprint density at radius 3 is 2.86 bits per heavy atom. The van der Waals surface area contributed by atoms with Crippen molar-refractivity contribution in [3.05, 3.63) is 41.6 Å². The first-order valence-corrected chi connectivity index (χ1v) is 9.55. The van der Waals surface area contributed by atoms with E-state index in [2.05, 4.69) is 9.97 Å². The van der Waals surface area contributed by atoms with E-state index in [1.807, 2.05) is 22.8 Å². The van der Waals surface area contributed by atoms with Crippen LogP contribution in [0.25, 0.3) is 0 Å². The average Bonchev–Trinajstić information content (AvgIpc) is 2.60. The van der Waals surface area contributed by atoms with Crippen molar-refractivity contribution in [2.24, 2.45) is 5.41 Å². The normalized spacial score (nSPS) is 22.2. The van der Waals surface area contributed by atoms with Crippen molar-refractivity contribution >= 4 is 29.1 Å². The maximum atomic E-state index is 13.8. The minimum atomic E-state index is -0.415. The molecule has 0 aliphatic carbocycles. The molecule has 9 heteroatoms. The molecule has 0 radical (unpaired) electrons. The molecular weight excluding hydrogens is 385 g/mol. The number of anilines is 2. The highest BCUT2D eigenvalue weighted by Gasteiger charge is 2.55. The Kier molecular flexibility index (Phi) is 3.87. The lowest BCUT2D eigenvalue weighted by atomic mass is 9.73. The minimum absolute atomic E-state index is 0.0192. The third kappa shape index (κ3) is 2.66. The Labute approximate surface area is 166 Å². The number of likely N-dealkylation sites (tertiary alicyclic amines) is 1. The molecule has 0 saturated carbocycles. The van der Waals surface area contributed by atoms with Crippen molar-refractivity contribution in [1.29, 1.82) is 0 Å². The van der Waals surface area contributed by atoms with Gasteiger partial charge in [0.2, 0.25) is 0 Å². The zero-order valence-corrected chi connectivity index (χ0v) is 16.1. The first-order chi connectivity index (χ1) is 13.5. The van der Waals surface area contributed by atoms with Gasteiger partial charge >= 0.3 is 6.03 Å². The molecule has 3 aliphatic heterocycles. The van der Waals surface area contributed by atoms with E-state index in [1.165, 1.54) is 12.5 Å². The number of hydrogen-bond acceptors (Lipinski definition) is 5. The quantitative estimate of drug-likeness (QED) is 0.732. The maximum Gasteiger partial charge on any atom is 0.325 e. The van der Waals surface area contributed by atoms with Gasteiger partial charge in [0.25, 0.3) is 0 Å². The van der Waals surface area contributed by atoms with Gasteiger partial charge in [-0.1, -0.05) is 11.6 Å². The van der Waals surface area contributed by atoms with Crippen molar-refractivity contribution < 1.29 is 13.9 Å². The molecule has 1 unspecified atom stereocenters. The van der Waals surface area contributed by atoms with Crippen molar-refractivity contribution in [3.63, 3.8) is 0 Å². The molecule has 0 N–H and O–H groups in total. The number of carbonyl (C=O) groups excluding carboxylic acids is 1. The van der Waals surface area contributed by atoms with Crippen LogP contribution >= 0.6 is 11.6 Å². The highest BCUT2D eigenvalue weighted by molar-refractivity contribution is 6.30. The van der Waals surface area contributed by atoms with Crippen molar-refractivity contribution in [2.45, 2.75) is 13.0 Å². The van der Waals surface area contributed by atoms with Gasteiger partial charge in [-0.3, -0.25) is 4.90 Å². The second-order valence-electron chi connectivity index (χ2n) is 7.83. The summed E-state index contributed by atoms with van der Waals surface area (Å²) in [6, 6.07) is 5.23. The molecule has 3 aliphatic rings. The number of halogens is 2. The number of rotatable bonds is 1. The molecule has 7 nitrogen and oxygen atoms in total. The highest BCUT2D eigenvalue weighted by Crippen LogP contribution is 2.44. The molecule has 2 fully saturated rings. The number of hydrogen-bond donors (Lipinski definition) is 0. The van der Waals surface area contributed by atoms with E-state index in [0.29, 0.717) is 49.4 Å². The first kappa shape index (κ1) is 17.5. The number of aromatic nitrogens is 2. The minimum Gasteiger partial charge on any atom is -0.489 e. The Balaban J connectivity index is 1.26. The number of benzene rings is 1. The summed E-state index contributed by atoms with van der Waals surface area (Å²) in [6.45, 7) is 5.09. The van der Waals surface area contributed by atoms with Crippen LogP contribution in [0.1, 0.15) is 6.92 Å². The van der Waals surface area contributed by atoms with E-state index in [-0.39, 0.29) is 17.5 Å². The van der Waals surface area contributed by atoms with Gasteiger partial charge in [-0.15, -0.1) is 0 Å². The van der Waals surface area contributed by atoms with E-state index >= 15 is 0 Å². The van der Waals surface area contributed by atoms with Crippen LogP contribution < -0.4 is 14.5 Å². The number of urea groups is 1. The Bertz CT molecular complexity index is 944. The van der Waals surface area contributed by atoms with Gasteiger partial charge in [-0.05, 0) is 19.1 Å². The zero-order valence-electron chi connectivity index (χ0n) is 15.3. The van der Waals surface area contributed by atoms with E-state index < -0.39 is 5.82 Å². The van der Waals surface area contributed by atoms with Gasteiger partial charge in [-0.2, -0.15) is 0 Å². The molecule has 1 spiro atoms. The second kappa shape index (κ2) is 6.20. The molecule has 2 saturated heterocycles. The summed E-state index contributed by atoms with van der Waals surface area (Å²) in [5, 5.41) is 0.579. The van der Waals surface area contributed by atoms with Gasteiger partial charge in [0.15, 0.2) is 11.6 Å². The first-order valence-electron chi connectivity index (χ1n) is 9.17. The van der Waals surface area contributed by atoms with Crippen molar-refractivity contribution in [2.75, 3.05) is 42.6 Å². The van der Waals surface area contributed by atoms with Crippen LogP contribution in [0.5, 0.6) is 5.75 Å². The largest absolute Gasteiger partial charge is 0.489 e. The molecule has 5 rings (SSSR count). The lowest BCUT2D eigenvalue weighted by molar-refractivity contribution is 0.00821. The maximum absolute atomic E-state index is 13.8. The summed E-state index contributed by atoms with van der Waals surface area (Å²) >= 11 is 6.05. The lowest BCUT2D eigenvalue weighted by Crippen LogP contribution is -2.74. The highest BCUT2D eigenvalue weighted by atomic mass is 35.5. The molecule has 1 aromatic carbocycles. The van der Waals surface area contributed by atoms with Crippen molar-refractivity contribution in [3.8, 4) is 5.75 Å². The van der Waals surface area contributed by atoms with E-state index in [9.17, 15) is 9.18 Å². The number of carbonyl (C=O) groups is 1. The second-order valence-corrected chi connectivity index (χ2v) is 8.27. The molecule has 1 atom stereocenters. The number of ether oxygens (including phenoxy) is 1. The third-order valence-corrected chi connectivity index (χ3v) is 5.87. The van der Waals surface area contributed by atoms with Crippen molar-refractivity contribution in [1.82, 2.24) is 14.9 Å². The Morgan fingerprint density at radius 2 is 2.11 bits per heavy atom. The number of fused-ring (bicyclic) bond motifs is 1. The molecule has 4 heterocycles. The summed E-state index contributed by atoms with van der Waals surface area (Å²) in [5.74, 6) is 0.545. The Morgan fingerprint density at radius 1 is 1.32 bits per heavy atom. The molecule has 28 heavy (non-hydrogen) atoms. The summed E-state index contributed by atoms with van der Waals surface area (Å²) < 4.78 is 19.6. The van der Waals surface area contributed by atoms with Crippen LogP contribution in [0.15, 0.2) is 30.7 Å². The fraction of sp³-hybridized carbons (Fsp3) is 0.421. The van der Waals surface area contributed by atoms with Crippen LogP contribution in [0, 0.1) is 11.2 Å². The number of nitrogens with zero attached hydrogens (tertiary/aromatic N) is 5. The summed E-state index contributed by atoms with van der Waals surface area (Å²) in [5.41, 5.74) is 0.762. The molecule has 0 bridgehead atoms. The summed E-state index contributed by atoms with van der Waals surface area (Å²) in [7, 11) is 0. The molecule has 146 valence electrons. The number of amides is 2. The fourth-order valence-electron chi connectivity index (χ4n) is 4.32. The van der Waals surface area contributed by atoms with Gasteiger partial charge in [0.1, 0.15) is 18.7 Å². The third-order valence-electron chi connectivity index (χ3n) is 5.63. The predicted octanol–water partition coefficient (Wildman–Crippen LogP) is 2.80. The van der Waals surface area contributed by atoms with E-state index in [0.717, 1.165) is 5.69 Å². The van der Waals surface area contributed by atoms with Crippen LogP contribution in [0.4, 0.5) is 20.7 Å². The van der Waals surface area contributed by atoms with E-state index in [4.69, 9.17) is 16.3 Å². The van der Waals surface area contributed by atoms with Crippen LogP contribution in [0.3, 0.4) is 0 Å². The van der Waals surface area contributed by atoms with Gasteiger partial charge in [0.05, 0.1) is 17.9 Å². The summed E-state index contributed by atoms with van der Waals surface area (Å²) in [4.78, 5) is 26.4. The topological polar surface area (TPSA) is 61.8 Å². The van der Waals surface area contributed by atoms with E-state index in [1.54, 1.807) is 17.0 Å². The molecular formula is C19H19ClFN5O2. The smallest absolute Gasteiger partial charge is 0.325 e. The standard InChI is InChI=1S/C19H19ClFN5O2/c1-12-6-28-16-4-13(20)2-3-15(16)26(12)18(27)25-9-19(10-25)7-24(8-19)17-14(21)5-22-11-23-17/h2-5,11-12H,6-10H2,1H3. The van der Waals surface area contributed by atoms with Crippen LogP contribution in [-0.4, -0.2) is 59.7 Å².